The normalized spacial score (nSPS) is 10.2. The summed E-state index contributed by atoms with van der Waals surface area (Å²) in [6.45, 7) is 0. The van der Waals surface area contributed by atoms with Crippen molar-refractivity contribution >= 4 is 17.4 Å². The zero-order chi connectivity index (χ0) is 10.7. The lowest BCUT2D eigenvalue weighted by Crippen LogP contribution is -1.91. The first-order chi connectivity index (χ1) is 7.33. The number of rotatable bonds is 2. The summed E-state index contributed by atoms with van der Waals surface area (Å²) < 4.78 is 0. The Morgan fingerprint density at radius 3 is 2.33 bits per heavy atom. The maximum Gasteiger partial charge on any atom is 0.0405 e. The largest absolute Gasteiger partial charge is 0.398 e. The van der Waals surface area contributed by atoms with E-state index in [9.17, 15) is 0 Å². The molecule has 0 spiro atoms. The maximum atomic E-state index is 6.02. The van der Waals surface area contributed by atoms with Crippen LogP contribution in [0, 0.1) is 0 Å². The van der Waals surface area contributed by atoms with E-state index >= 15 is 0 Å². The van der Waals surface area contributed by atoms with Crippen molar-refractivity contribution in [2.45, 2.75) is 4.90 Å². The Morgan fingerprint density at radius 2 is 1.67 bits per heavy atom. The lowest BCUT2D eigenvalue weighted by molar-refractivity contribution is 1.45. The second kappa shape index (κ2) is 4.41. The van der Waals surface area contributed by atoms with Gasteiger partial charge in [-0.3, -0.25) is 0 Å². The van der Waals surface area contributed by atoms with Gasteiger partial charge in [0.1, 0.15) is 0 Å². The molecule has 0 saturated heterocycles. The number of anilines is 1. The van der Waals surface area contributed by atoms with Gasteiger partial charge in [-0.05, 0) is 24.0 Å². The molecule has 0 aliphatic carbocycles. The van der Waals surface area contributed by atoms with Crippen LogP contribution in [0.15, 0.2) is 53.4 Å². The maximum absolute atomic E-state index is 6.02. The van der Waals surface area contributed by atoms with Crippen molar-refractivity contribution in [1.29, 1.82) is 0 Å². The van der Waals surface area contributed by atoms with Gasteiger partial charge in [0, 0.05) is 16.1 Å². The fourth-order valence-corrected chi connectivity index (χ4v) is 2.29. The number of hydrogen-bond acceptors (Lipinski definition) is 2. The van der Waals surface area contributed by atoms with E-state index in [1.807, 2.05) is 30.3 Å². The van der Waals surface area contributed by atoms with Crippen LogP contribution in [0.4, 0.5) is 5.69 Å². The first-order valence-electron chi connectivity index (χ1n) is 4.81. The third-order valence-corrected chi connectivity index (χ3v) is 3.12. The summed E-state index contributed by atoms with van der Waals surface area (Å²) in [5.74, 6) is 0. The van der Waals surface area contributed by atoms with Crippen LogP contribution >= 0.6 is 11.8 Å². The monoisotopic (exact) mass is 215 g/mol. The van der Waals surface area contributed by atoms with Crippen LogP contribution in [0.2, 0.25) is 0 Å². The van der Waals surface area contributed by atoms with Gasteiger partial charge in [0.25, 0.3) is 0 Å². The van der Waals surface area contributed by atoms with Crippen molar-refractivity contribution in [3.05, 3.63) is 48.5 Å². The van der Waals surface area contributed by atoms with Gasteiger partial charge in [0.15, 0.2) is 0 Å². The van der Waals surface area contributed by atoms with E-state index in [-0.39, 0.29) is 0 Å². The van der Waals surface area contributed by atoms with E-state index in [2.05, 4.69) is 24.5 Å². The highest BCUT2D eigenvalue weighted by atomic mass is 32.2. The molecule has 2 heteroatoms. The predicted molar refractivity (Wildman–Crippen MR) is 68.1 cm³/mol. The second-order valence-corrected chi connectivity index (χ2v) is 4.14. The Hall–Kier alpha value is -1.41. The molecular formula is C13H13NS. The molecule has 0 heterocycles. The molecule has 0 saturated carbocycles. The summed E-state index contributed by atoms with van der Waals surface area (Å²) in [5, 5.41) is 0. The fraction of sp³-hybridized carbons (Fsp3) is 0.0769. The van der Waals surface area contributed by atoms with Gasteiger partial charge in [-0.1, -0.05) is 36.4 Å². The molecule has 1 nitrogen and oxygen atoms in total. The van der Waals surface area contributed by atoms with E-state index in [0.29, 0.717) is 0 Å². The predicted octanol–water partition coefficient (Wildman–Crippen LogP) is 3.66. The van der Waals surface area contributed by atoms with E-state index in [4.69, 9.17) is 5.73 Å². The van der Waals surface area contributed by atoms with Crippen molar-refractivity contribution in [1.82, 2.24) is 0 Å². The van der Waals surface area contributed by atoms with E-state index in [0.717, 1.165) is 11.3 Å². The average molecular weight is 215 g/mol. The molecule has 0 amide bonds. The number of nitrogens with two attached hydrogens (primary N) is 1. The smallest absolute Gasteiger partial charge is 0.0405 e. The number of thioether (sulfide) groups is 1. The summed E-state index contributed by atoms with van der Waals surface area (Å²) in [6, 6.07) is 16.3. The van der Waals surface area contributed by atoms with E-state index in [1.165, 1.54) is 10.5 Å². The summed E-state index contributed by atoms with van der Waals surface area (Å²) in [7, 11) is 0. The molecule has 0 radical (unpaired) electrons. The van der Waals surface area contributed by atoms with Crippen molar-refractivity contribution < 1.29 is 0 Å². The van der Waals surface area contributed by atoms with E-state index < -0.39 is 0 Å². The molecular weight excluding hydrogens is 202 g/mol. The molecule has 2 aromatic carbocycles. The Labute approximate surface area is 94.3 Å². The highest BCUT2D eigenvalue weighted by Crippen LogP contribution is 2.34. The minimum absolute atomic E-state index is 0.841. The van der Waals surface area contributed by atoms with Crippen molar-refractivity contribution in [2.24, 2.45) is 0 Å². The van der Waals surface area contributed by atoms with Crippen LogP contribution in [0.1, 0.15) is 0 Å². The standard InChI is InChI=1S/C13H13NS/c1-15-12-9-5-8-11(14)13(12)10-6-3-2-4-7-10/h2-9H,14H2,1H3. The quantitative estimate of drug-likeness (QED) is 0.611. The molecule has 0 bridgehead atoms. The van der Waals surface area contributed by atoms with Crippen molar-refractivity contribution in [2.75, 3.05) is 12.0 Å². The van der Waals surface area contributed by atoms with Gasteiger partial charge in [-0.25, -0.2) is 0 Å². The Bertz CT molecular complexity index is 451. The van der Waals surface area contributed by atoms with E-state index in [1.54, 1.807) is 11.8 Å². The molecule has 0 aliphatic rings. The molecule has 0 aromatic heterocycles. The Morgan fingerprint density at radius 1 is 0.933 bits per heavy atom. The fourth-order valence-electron chi connectivity index (χ4n) is 1.63. The lowest BCUT2D eigenvalue weighted by atomic mass is 10.0. The minimum Gasteiger partial charge on any atom is -0.398 e. The highest BCUT2D eigenvalue weighted by Gasteiger charge is 2.06. The van der Waals surface area contributed by atoms with Gasteiger partial charge in [0.05, 0.1) is 0 Å². The van der Waals surface area contributed by atoms with Gasteiger partial charge in [-0.15, -0.1) is 11.8 Å². The van der Waals surface area contributed by atoms with Crippen LogP contribution in [0.5, 0.6) is 0 Å². The first-order valence-corrected chi connectivity index (χ1v) is 6.03. The summed E-state index contributed by atoms with van der Waals surface area (Å²) in [4.78, 5) is 1.22. The Kier molecular flexibility index (Phi) is 2.97. The molecule has 0 aliphatic heterocycles. The minimum atomic E-state index is 0.841. The molecule has 15 heavy (non-hydrogen) atoms. The summed E-state index contributed by atoms with van der Waals surface area (Å²) >= 11 is 1.72. The summed E-state index contributed by atoms with van der Waals surface area (Å²) in [5.41, 5.74) is 9.18. The second-order valence-electron chi connectivity index (χ2n) is 3.29. The van der Waals surface area contributed by atoms with Crippen LogP contribution in [-0.2, 0) is 0 Å². The molecule has 2 rings (SSSR count). The average Bonchev–Trinajstić information content (AvgIpc) is 2.29. The van der Waals surface area contributed by atoms with Crippen LogP contribution < -0.4 is 5.73 Å². The van der Waals surface area contributed by atoms with Gasteiger partial charge in [0.2, 0.25) is 0 Å². The van der Waals surface area contributed by atoms with Gasteiger partial charge in [-0.2, -0.15) is 0 Å². The number of nitrogen functional groups attached to an aromatic ring is 1. The number of hydrogen-bond donors (Lipinski definition) is 1. The topological polar surface area (TPSA) is 26.0 Å². The zero-order valence-corrected chi connectivity index (χ0v) is 9.42. The first kappa shape index (κ1) is 10.1. The van der Waals surface area contributed by atoms with Crippen LogP contribution in [0.25, 0.3) is 11.1 Å². The van der Waals surface area contributed by atoms with Gasteiger partial charge < -0.3 is 5.73 Å². The molecule has 0 fully saturated rings. The molecule has 0 unspecified atom stereocenters. The zero-order valence-electron chi connectivity index (χ0n) is 8.60. The molecule has 2 aromatic rings. The third-order valence-electron chi connectivity index (χ3n) is 2.34. The third kappa shape index (κ3) is 2.00. The van der Waals surface area contributed by atoms with Crippen molar-refractivity contribution in [3.8, 4) is 11.1 Å². The van der Waals surface area contributed by atoms with Crippen LogP contribution in [0.3, 0.4) is 0 Å². The summed E-state index contributed by atoms with van der Waals surface area (Å²) in [6.07, 6.45) is 2.07. The molecule has 0 atom stereocenters. The molecule has 76 valence electrons. The van der Waals surface area contributed by atoms with Crippen LogP contribution in [-0.4, -0.2) is 6.26 Å². The highest BCUT2D eigenvalue weighted by molar-refractivity contribution is 7.98. The SMILES string of the molecule is CSc1cccc(N)c1-c1ccccc1. The van der Waals surface area contributed by atoms with Gasteiger partial charge >= 0.3 is 0 Å². The Balaban J connectivity index is 2.61. The van der Waals surface area contributed by atoms with Crippen molar-refractivity contribution in [3.63, 3.8) is 0 Å². The number of benzene rings is 2. The lowest BCUT2D eigenvalue weighted by Gasteiger charge is -2.10. The molecule has 2 N–H and O–H groups in total.